The molecular formula is C17H16N2O2. The van der Waals surface area contributed by atoms with E-state index in [2.05, 4.69) is 11.1 Å². The van der Waals surface area contributed by atoms with Gasteiger partial charge in [0.05, 0.1) is 5.92 Å². The molecule has 1 N–H and O–H groups in total. The fraction of sp³-hybridized carbons (Fsp3) is 0.176. The summed E-state index contributed by atoms with van der Waals surface area (Å²) < 4.78 is 0. The zero-order valence-electron chi connectivity index (χ0n) is 11.7. The van der Waals surface area contributed by atoms with E-state index in [1.165, 1.54) is 0 Å². The highest BCUT2D eigenvalue weighted by atomic mass is 16.6. The number of benzene rings is 2. The second kappa shape index (κ2) is 5.40. The molecule has 1 heterocycles. The van der Waals surface area contributed by atoms with Crippen molar-refractivity contribution in [2.24, 2.45) is 0 Å². The first-order chi connectivity index (χ1) is 10.1. The van der Waals surface area contributed by atoms with Crippen LogP contribution in [0.5, 0.6) is 0 Å². The minimum absolute atomic E-state index is 0.106. The maximum atomic E-state index is 11.1. The van der Waals surface area contributed by atoms with Crippen LogP contribution in [-0.4, -0.2) is 16.5 Å². The third-order valence-corrected chi connectivity index (χ3v) is 3.78. The Hall–Kier alpha value is -2.62. The standard InChI is InChI=1S/C17H16N2O2/c1-12-7-8-17-14(9-12)15(10-18-17)16(11-19(20)21)13-5-3-2-4-6-13/h2-10,16,18H,11H2,1H3. The number of nitrogens with zero attached hydrogens (tertiary/aromatic N) is 1. The molecule has 1 atom stereocenters. The number of aromatic amines is 1. The third kappa shape index (κ3) is 2.65. The van der Waals surface area contributed by atoms with Crippen LogP contribution in [0.25, 0.3) is 10.9 Å². The lowest BCUT2D eigenvalue weighted by molar-refractivity contribution is -0.481. The Balaban J connectivity index is 2.14. The summed E-state index contributed by atoms with van der Waals surface area (Å²) in [6.45, 7) is 1.92. The van der Waals surface area contributed by atoms with Gasteiger partial charge in [0.15, 0.2) is 0 Å². The number of nitro groups is 1. The van der Waals surface area contributed by atoms with Gasteiger partial charge in [0, 0.05) is 22.0 Å². The van der Waals surface area contributed by atoms with E-state index in [0.717, 1.165) is 27.6 Å². The van der Waals surface area contributed by atoms with E-state index in [4.69, 9.17) is 0 Å². The van der Waals surface area contributed by atoms with E-state index in [1.54, 1.807) is 0 Å². The lowest BCUT2D eigenvalue weighted by Gasteiger charge is -2.13. The number of aromatic nitrogens is 1. The van der Waals surface area contributed by atoms with Crippen LogP contribution in [0, 0.1) is 17.0 Å². The van der Waals surface area contributed by atoms with Crippen LogP contribution in [0.3, 0.4) is 0 Å². The lowest BCUT2D eigenvalue weighted by Crippen LogP contribution is -2.13. The van der Waals surface area contributed by atoms with Crippen molar-refractivity contribution in [2.45, 2.75) is 12.8 Å². The van der Waals surface area contributed by atoms with Crippen LogP contribution < -0.4 is 0 Å². The van der Waals surface area contributed by atoms with Gasteiger partial charge < -0.3 is 4.98 Å². The van der Waals surface area contributed by atoms with Crippen molar-refractivity contribution in [1.29, 1.82) is 0 Å². The number of fused-ring (bicyclic) bond motifs is 1. The molecule has 0 aliphatic carbocycles. The van der Waals surface area contributed by atoms with Crippen molar-refractivity contribution < 1.29 is 4.92 Å². The van der Waals surface area contributed by atoms with E-state index in [0.29, 0.717) is 0 Å². The third-order valence-electron chi connectivity index (χ3n) is 3.78. The van der Waals surface area contributed by atoms with Gasteiger partial charge in [-0.25, -0.2) is 0 Å². The van der Waals surface area contributed by atoms with Crippen LogP contribution in [-0.2, 0) is 0 Å². The van der Waals surface area contributed by atoms with Gasteiger partial charge in [-0.1, -0.05) is 42.0 Å². The fourth-order valence-corrected chi connectivity index (χ4v) is 2.76. The largest absolute Gasteiger partial charge is 0.361 e. The molecule has 0 saturated carbocycles. The van der Waals surface area contributed by atoms with Crippen LogP contribution in [0.4, 0.5) is 0 Å². The molecular weight excluding hydrogens is 264 g/mol. The first kappa shape index (κ1) is 13.4. The van der Waals surface area contributed by atoms with E-state index in [1.807, 2.05) is 55.6 Å². The van der Waals surface area contributed by atoms with Gasteiger partial charge in [-0.3, -0.25) is 10.1 Å². The van der Waals surface area contributed by atoms with E-state index in [9.17, 15) is 10.1 Å². The van der Waals surface area contributed by atoms with Crippen molar-refractivity contribution in [1.82, 2.24) is 4.98 Å². The van der Waals surface area contributed by atoms with Gasteiger partial charge in [-0.05, 0) is 30.2 Å². The smallest absolute Gasteiger partial charge is 0.214 e. The molecule has 0 bridgehead atoms. The van der Waals surface area contributed by atoms with Crippen LogP contribution >= 0.6 is 0 Å². The first-order valence-electron chi connectivity index (χ1n) is 6.89. The number of aryl methyl sites for hydroxylation is 1. The minimum Gasteiger partial charge on any atom is -0.361 e. The van der Waals surface area contributed by atoms with Crippen molar-refractivity contribution >= 4 is 10.9 Å². The summed E-state index contributed by atoms with van der Waals surface area (Å²) in [5.41, 5.74) is 4.12. The maximum Gasteiger partial charge on any atom is 0.214 e. The molecule has 0 aliphatic rings. The van der Waals surface area contributed by atoms with Crippen LogP contribution in [0.1, 0.15) is 22.6 Å². The zero-order valence-corrected chi connectivity index (χ0v) is 11.7. The molecule has 3 aromatic rings. The van der Waals surface area contributed by atoms with Crippen molar-refractivity contribution in [3.05, 3.63) is 81.5 Å². The van der Waals surface area contributed by atoms with Crippen molar-refractivity contribution in [3.63, 3.8) is 0 Å². The fourth-order valence-electron chi connectivity index (χ4n) is 2.76. The summed E-state index contributed by atoms with van der Waals surface area (Å²) in [7, 11) is 0. The second-order valence-corrected chi connectivity index (χ2v) is 5.27. The lowest BCUT2D eigenvalue weighted by atomic mass is 9.91. The molecule has 1 unspecified atom stereocenters. The van der Waals surface area contributed by atoms with E-state index >= 15 is 0 Å². The Kier molecular flexibility index (Phi) is 3.44. The number of nitrogens with one attached hydrogen (secondary N) is 1. The molecule has 1 aromatic heterocycles. The molecule has 21 heavy (non-hydrogen) atoms. The maximum absolute atomic E-state index is 11.1. The summed E-state index contributed by atoms with van der Waals surface area (Å²) in [5, 5.41) is 12.1. The van der Waals surface area contributed by atoms with Gasteiger partial charge in [-0.15, -0.1) is 0 Å². The molecule has 3 rings (SSSR count). The molecule has 0 saturated heterocycles. The predicted octanol–water partition coefficient (Wildman–Crippen LogP) is 3.88. The molecule has 0 fully saturated rings. The Morgan fingerprint density at radius 2 is 1.95 bits per heavy atom. The molecule has 0 aliphatic heterocycles. The van der Waals surface area contributed by atoms with Gasteiger partial charge in [0.2, 0.25) is 6.54 Å². The summed E-state index contributed by atoms with van der Waals surface area (Å²) in [4.78, 5) is 14.0. The topological polar surface area (TPSA) is 58.9 Å². The summed E-state index contributed by atoms with van der Waals surface area (Å²) >= 11 is 0. The molecule has 0 amide bonds. The monoisotopic (exact) mass is 280 g/mol. The highest BCUT2D eigenvalue weighted by Crippen LogP contribution is 2.31. The molecule has 4 nitrogen and oxygen atoms in total. The van der Waals surface area contributed by atoms with Crippen LogP contribution in [0.15, 0.2) is 54.7 Å². The summed E-state index contributed by atoms with van der Waals surface area (Å²) in [6.07, 6.45) is 1.89. The van der Waals surface area contributed by atoms with Crippen molar-refractivity contribution in [2.75, 3.05) is 6.54 Å². The summed E-state index contributed by atoms with van der Waals surface area (Å²) in [6, 6.07) is 15.8. The Morgan fingerprint density at radius 1 is 1.19 bits per heavy atom. The summed E-state index contributed by atoms with van der Waals surface area (Å²) in [5.74, 6) is -0.239. The molecule has 0 spiro atoms. The van der Waals surface area contributed by atoms with Gasteiger partial charge in [0.1, 0.15) is 0 Å². The average Bonchev–Trinajstić information content (AvgIpc) is 2.88. The average molecular weight is 280 g/mol. The Bertz CT molecular complexity index is 778. The number of hydrogen-bond acceptors (Lipinski definition) is 2. The van der Waals surface area contributed by atoms with Crippen LogP contribution in [0.2, 0.25) is 0 Å². The van der Waals surface area contributed by atoms with E-state index in [-0.39, 0.29) is 17.4 Å². The first-order valence-corrected chi connectivity index (χ1v) is 6.89. The molecule has 4 heteroatoms. The number of H-pyrrole nitrogens is 1. The normalized spacial score (nSPS) is 12.4. The number of rotatable bonds is 4. The molecule has 106 valence electrons. The highest BCUT2D eigenvalue weighted by molar-refractivity contribution is 5.84. The van der Waals surface area contributed by atoms with Gasteiger partial charge in [-0.2, -0.15) is 0 Å². The van der Waals surface area contributed by atoms with E-state index < -0.39 is 0 Å². The van der Waals surface area contributed by atoms with Crippen molar-refractivity contribution in [3.8, 4) is 0 Å². The quantitative estimate of drug-likeness (QED) is 0.582. The Morgan fingerprint density at radius 3 is 2.67 bits per heavy atom. The zero-order chi connectivity index (χ0) is 14.8. The molecule has 0 radical (unpaired) electrons. The highest BCUT2D eigenvalue weighted by Gasteiger charge is 2.23. The van der Waals surface area contributed by atoms with Gasteiger partial charge >= 0.3 is 0 Å². The SMILES string of the molecule is Cc1ccc2[nH]cc(C(C[N+](=O)[O-])c3ccccc3)c2c1. The minimum atomic E-state index is -0.244. The Labute approximate surface area is 122 Å². The predicted molar refractivity (Wildman–Crippen MR) is 83.2 cm³/mol. The van der Waals surface area contributed by atoms with Gasteiger partial charge in [0.25, 0.3) is 0 Å². The number of hydrogen-bond donors (Lipinski definition) is 1. The molecule has 2 aromatic carbocycles. The second-order valence-electron chi connectivity index (χ2n) is 5.27.